The second kappa shape index (κ2) is 5.46. The molecule has 2 aromatic rings. The van der Waals surface area contributed by atoms with Crippen LogP contribution in [-0.2, 0) is 4.79 Å². The average Bonchev–Trinajstić information content (AvgIpc) is 2.77. The first-order chi connectivity index (χ1) is 9.66. The summed E-state index contributed by atoms with van der Waals surface area (Å²) in [5, 5.41) is 0.572. The first-order valence-electron chi connectivity index (χ1n) is 6.31. The van der Waals surface area contributed by atoms with Gasteiger partial charge >= 0.3 is 0 Å². The standard InChI is InChI=1S/C15H13ClN2OS/c1-10-14(19)18(13-6-4-12(16)5-7-13)15(20-10)11-3-2-8-17-9-11/h2-10,15H,1H3/t10-,15-/m1/s1. The Morgan fingerprint density at radius 1 is 1.25 bits per heavy atom. The zero-order valence-electron chi connectivity index (χ0n) is 10.9. The van der Waals surface area contributed by atoms with Crippen LogP contribution in [0.1, 0.15) is 17.9 Å². The molecule has 3 nitrogen and oxygen atoms in total. The van der Waals surface area contributed by atoms with E-state index in [1.165, 1.54) is 0 Å². The van der Waals surface area contributed by atoms with Gasteiger partial charge in [0.15, 0.2) is 0 Å². The molecule has 1 aliphatic rings. The molecular weight excluding hydrogens is 292 g/mol. The molecule has 1 fully saturated rings. The number of benzene rings is 1. The predicted molar refractivity (Wildman–Crippen MR) is 83.0 cm³/mol. The van der Waals surface area contributed by atoms with E-state index in [0.717, 1.165) is 11.3 Å². The smallest absolute Gasteiger partial charge is 0.241 e. The Labute approximate surface area is 127 Å². The third-order valence-electron chi connectivity index (χ3n) is 3.23. The maximum Gasteiger partial charge on any atom is 0.241 e. The molecule has 2 atom stereocenters. The fourth-order valence-corrected chi connectivity index (χ4v) is 3.62. The SMILES string of the molecule is C[C@H]1S[C@H](c2cccnc2)N(c2ccc(Cl)cc2)C1=O. The van der Waals surface area contributed by atoms with Crippen LogP contribution in [0.4, 0.5) is 5.69 Å². The van der Waals surface area contributed by atoms with Crippen molar-refractivity contribution in [1.29, 1.82) is 0 Å². The molecule has 0 bridgehead atoms. The van der Waals surface area contributed by atoms with E-state index in [2.05, 4.69) is 4.98 Å². The van der Waals surface area contributed by atoms with E-state index < -0.39 is 0 Å². The lowest BCUT2D eigenvalue weighted by atomic mass is 10.2. The van der Waals surface area contributed by atoms with Gasteiger partial charge in [0.05, 0.1) is 5.25 Å². The van der Waals surface area contributed by atoms with Crippen LogP contribution in [0.3, 0.4) is 0 Å². The highest BCUT2D eigenvalue weighted by Crippen LogP contribution is 2.45. The summed E-state index contributed by atoms with van der Waals surface area (Å²) in [6, 6.07) is 11.3. The van der Waals surface area contributed by atoms with Gasteiger partial charge in [0, 0.05) is 28.7 Å². The Kier molecular flexibility index (Phi) is 3.68. The van der Waals surface area contributed by atoms with Crippen molar-refractivity contribution in [2.24, 2.45) is 0 Å². The van der Waals surface area contributed by atoms with Crippen molar-refractivity contribution >= 4 is 35.0 Å². The number of carbonyl (C=O) groups is 1. The quantitative estimate of drug-likeness (QED) is 0.843. The first-order valence-corrected chi connectivity index (χ1v) is 7.63. The number of anilines is 1. The summed E-state index contributed by atoms with van der Waals surface area (Å²) >= 11 is 7.56. The number of halogens is 1. The van der Waals surface area contributed by atoms with Crippen LogP contribution in [0.25, 0.3) is 0 Å². The van der Waals surface area contributed by atoms with Crippen molar-refractivity contribution in [2.75, 3.05) is 4.90 Å². The molecule has 0 saturated carbocycles. The molecule has 1 aromatic carbocycles. The zero-order chi connectivity index (χ0) is 14.1. The van der Waals surface area contributed by atoms with Gasteiger partial charge in [-0.1, -0.05) is 17.7 Å². The van der Waals surface area contributed by atoms with E-state index in [1.807, 2.05) is 42.3 Å². The van der Waals surface area contributed by atoms with Gasteiger partial charge in [-0.15, -0.1) is 11.8 Å². The van der Waals surface area contributed by atoms with Gasteiger partial charge < -0.3 is 0 Å². The summed E-state index contributed by atoms with van der Waals surface area (Å²) in [5.41, 5.74) is 1.90. The number of hydrogen-bond acceptors (Lipinski definition) is 3. The lowest BCUT2D eigenvalue weighted by Gasteiger charge is -2.24. The minimum atomic E-state index is -0.0594. The van der Waals surface area contributed by atoms with Crippen LogP contribution in [0, 0.1) is 0 Å². The van der Waals surface area contributed by atoms with Crippen molar-refractivity contribution in [2.45, 2.75) is 17.5 Å². The van der Waals surface area contributed by atoms with Gasteiger partial charge in [-0.2, -0.15) is 0 Å². The third kappa shape index (κ3) is 2.41. The molecule has 20 heavy (non-hydrogen) atoms. The Bertz CT molecular complexity index is 618. The maximum absolute atomic E-state index is 12.4. The summed E-state index contributed by atoms with van der Waals surface area (Å²) < 4.78 is 0. The topological polar surface area (TPSA) is 33.2 Å². The molecule has 5 heteroatoms. The zero-order valence-corrected chi connectivity index (χ0v) is 12.4. The van der Waals surface area contributed by atoms with Crippen LogP contribution >= 0.6 is 23.4 Å². The maximum atomic E-state index is 12.4. The summed E-state index contributed by atoms with van der Waals surface area (Å²) in [4.78, 5) is 18.4. The van der Waals surface area contributed by atoms with Crippen molar-refractivity contribution in [3.05, 3.63) is 59.4 Å². The molecule has 3 rings (SSSR count). The van der Waals surface area contributed by atoms with Crippen molar-refractivity contribution in [3.63, 3.8) is 0 Å². The monoisotopic (exact) mass is 304 g/mol. The highest BCUT2D eigenvalue weighted by Gasteiger charge is 2.39. The molecule has 2 heterocycles. The molecule has 102 valence electrons. The minimum Gasteiger partial charge on any atom is -0.295 e. The Morgan fingerprint density at radius 2 is 2.00 bits per heavy atom. The fraction of sp³-hybridized carbons (Fsp3) is 0.200. The van der Waals surface area contributed by atoms with Crippen LogP contribution in [0.15, 0.2) is 48.8 Å². The number of nitrogens with zero attached hydrogens (tertiary/aromatic N) is 2. The fourth-order valence-electron chi connectivity index (χ4n) is 2.24. The van der Waals surface area contributed by atoms with Gasteiger partial charge in [-0.05, 0) is 37.3 Å². The number of amides is 1. The van der Waals surface area contributed by atoms with E-state index in [0.29, 0.717) is 5.02 Å². The third-order valence-corrected chi connectivity index (χ3v) is 4.83. The molecule has 1 amide bonds. The van der Waals surface area contributed by atoms with Crippen LogP contribution in [0.2, 0.25) is 5.02 Å². The Balaban J connectivity index is 2.01. The second-order valence-corrected chi connectivity index (χ2v) is 6.46. The molecule has 0 unspecified atom stereocenters. The molecule has 1 aromatic heterocycles. The molecule has 0 aliphatic carbocycles. The number of rotatable bonds is 2. The molecular formula is C15H13ClN2OS. The molecule has 0 N–H and O–H groups in total. The lowest BCUT2D eigenvalue weighted by molar-refractivity contribution is -0.117. The normalized spacial score (nSPS) is 22.3. The Morgan fingerprint density at radius 3 is 2.65 bits per heavy atom. The highest BCUT2D eigenvalue weighted by molar-refractivity contribution is 8.01. The van der Waals surface area contributed by atoms with E-state index in [-0.39, 0.29) is 16.5 Å². The van der Waals surface area contributed by atoms with Gasteiger partial charge in [-0.25, -0.2) is 0 Å². The van der Waals surface area contributed by atoms with E-state index >= 15 is 0 Å². The lowest BCUT2D eigenvalue weighted by Crippen LogP contribution is -2.30. The van der Waals surface area contributed by atoms with Crippen molar-refractivity contribution in [1.82, 2.24) is 4.98 Å². The van der Waals surface area contributed by atoms with E-state index in [4.69, 9.17) is 11.6 Å². The highest BCUT2D eigenvalue weighted by atomic mass is 35.5. The Hall–Kier alpha value is -1.52. The van der Waals surface area contributed by atoms with Gasteiger partial charge in [0.2, 0.25) is 5.91 Å². The van der Waals surface area contributed by atoms with E-state index in [9.17, 15) is 4.79 Å². The molecule has 0 radical (unpaired) electrons. The summed E-state index contributed by atoms with van der Waals surface area (Å²) in [7, 11) is 0. The molecule has 1 aliphatic heterocycles. The first kappa shape index (κ1) is 13.5. The average molecular weight is 305 g/mol. The van der Waals surface area contributed by atoms with Gasteiger partial charge in [-0.3, -0.25) is 14.7 Å². The minimum absolute atomic E-state index is 0.0348. The van der Waals surface area contributed by atoms with E-state index in [1.54, 1.807) is 30.1 Å². The molecule has 1 saturated heterocycles. The number of carbonyl (C=O) groups excluding carboxylic acids is 1. The van der Waals surface area contributed by atoms with Crippen LogP contribution < -0.4 is 4.90 Å². The van der Waals surface area contributed by atoms with Gasteiger partial charge in [0.1, 0.15) is 5.37 Å². The molecule has 0 spiro atoms. The second-order valence-electron chi connectivity index (χ2n) is 4.60. The summed E-state index contributed by atoms with van der Waals surface area (Å²) in [6.07, 6.45) is 3.55. The van der Waals surface area contributed by atoms with Crippen LogP contribution in [0.5, 0.6) is 0 Å². The number of pyridine rings is 1. The largest absolute Gasteiger partial charge is 0.295 e. The van der Waals surface area contributed by atoms with Crippen molar-refractivity contribution < 1.29 is 4.79 Å². The van der Waals surface area contributed by atoms with Crippen LogP contribution in [-0.4, -0.2) is 16.1 Å². The number of hydrogen-bond donors (Lipinski definition) is 0. The number of thioether (sulfide) groups is 1. The number of aromatic nitrogens is 1. The summed E-state index contributed by atoms with van der Waals surface area (Å²) in [5.74, 6) is 0.117. The summed E-state index contributed by atoms with van der Waals surface area (Å²) in [6.45, 7) is 1.94. The predicted octanol–water partition coefficient (Wildman–Crippen LogP) is 3.90. The van der Waals surface area contributed by atoms with Gasteiger partial charge in [0.25, 0.3) is 0 Å². The van der Waals surface area contributed by atoms with Crippen molar-refractivity contribution in [3.8, 4) is 0 Å².